The summed E-state index contributed by atoms with van der Waals surface area (Å²) in [6.07, 6.45) is -3.04. The molecular formula is C24H24ClF3N4O3S. The molecule has 4 rings (SSSR count). The van der Waals surface area contributed by atoms with E-state index in [2.05, 4.69) is 5.10 Å². The molecule has 1 aliphatic heterocycles. The van der Waals surface area contributed by atoms with Crippen LogP contribution >= 0.6 is 11.6 Å². The zero-order valence-electron chi connectivity index (χ0n) is 19.5. The van der Waals surface area contributed by atoms with Crippen LogP contribution < -0.4 is 10.5 Å². The first-order chi connectivity index (χ1) is 16.9. The fourth-order valence-corrected chi connectivity index (χ4v) is 5.51. The number of halogens is 4. The molecule has 0 radical (unpaired) electrons. The van der Waals surface area contributed by atoms with Gasteiger partial charge in [0.2, 0.25) is 10.0 Å². The lowest BCUT2D eigenvalue weighted by molar-refractivity contribution is -0.137. The molecule has 1 aliphatic rings. The molecule has 0 aliphatic carbocycles. The van der Waals surface area contributed by atoms with Gasteiger partial charge in [0.05, 0.1) is 33.9 Å². The van der Waals surface area contributed by atoms with E-state index in [0.717, 1.165) is 16.8 Å². The molecule has 2 aromatic carbocycles. The molecule has 0 N–H and O–H groups in total. The molecule has 0 unspecified atom stereocenters. The molecule has 0 spiro atoms. The quantitative estimate of drug-likeness (QED) is 0.478. The maximum absolute atomic E-state index is 13.6. The fraction of sp³-hybridized carbons (Fsp3) is 0.333. The van der Waals surface area contributed by atoms with Gasteiger partial charge in [-0.2, -0.15) is 27.3 Å². The summed E-state index contributed by atoms with van der Waals surface area (Å²) in [5, 5.41) is 4.13. The summed E-state index contributed by atoms with van der Waals surface area (Å²) in [5.41, 5.74) is -0.0896. The van der Waals surface area contributed by atoms with Crippen molar-refractivity contribution in [3.63, 3.8) is 0 Å². The van der Waals surface area contributed by atoms with Crippen molar-refractivity contribution in [2.45, 2.75) is 25.3 Å². The average Bonchev–Trinajstić information content (AvgIpc) is 2.83. The molecule has 0 atom stereocenters. The van der Waals surface area contributed by atoms with E-state index < -0.39 is 32.6 Å². The van der Waals surface area contributed by atoms with Crippen molar-refractivity contribution in [1.82, 2.24) is 14.1 Å². The SMILES string of the molecule is CC(C)S(=O)(=O)N1CCN(c2cnn(-c3cccc(Cl)c3)c(=O)c2-c2ccc(C(F)(F)F)cc2)CC1. The first-order valence-electron chi connectivity index (χ1n) is 11.2. The van der Waals surface area contributed by atoms with Gasteiger partial charge < -0.3 is 4.90 Å². The lowest BCUT2D eigenvalue weighted by Crippen LogP contribution is -2.50. The molecule has 1 fully saturated rings. The largest absolute Gasteiger partial charge is 0.416 e. The first kappa shape index (κ1) is 26.2. The van der Waals surface area contributed by atoms with Gasteiger partial charge in [0, 0.05) is 31.2 Å². The number of rotatable bonds is 5. The Kier molecular flexibility index (Phi) is 7.18. The molecule has 0 amide bonds. The number of anilines is 1. The van der Waals surface area contributed by atoms with Crippen molar-refractivity contribution in [2.75, 3.05) is 31.1 Å². The van der Waals surface area contributed by atoms with E-state index in [1.165, 1.54) is 22.6 Å². The highest BCUT2D eigenvalue weighted by molar-refractivity contribution is 7.89. The Bertz CT molecular complexity index is 1420. The third-order valence-electron chi connectivity index (χ3n) is 6.05. The molecule has 192 valence electrons. The monoisotopic (exact) mass is 540 g/mol. The van der Waals surface area contributed by atoms with Crippen molar-refractivity contribution in [3.05, 3.63) is 75.7 Å². The zero-order valence-corrected chi connectivity index (χ0v) is 21.1. The Morgan fingerprint density at radius 2 is 1.64 bits per heavy atom. The molecule has 2 heterocycles. The van der Waals surface area contributed by atoms with Crippen LogP contribution in [0.25, 0.3) is 16.8 Å². The number of aromatic nitrogens is 2. The lowest BCUT2D eigenvalue weighted by atomic mass is 10.0. The van der Waals surface area contributed by atoms with Crippen molar-refractivity contribution >= 4 is 27.3 Å². The minimum Gasteiger partial charge on any atom is -0.367 e. The minimum atomic E-state index is -4.52. The number of sulfonamides is 1. The summed E-state index contributed by atoms with van der Waals surface area (Å²) in [4.78, 5) is 15.5. The average molecular weight is 541 g/mol. The zero-order chi connectivity index (χ0) is 26.3. The van der Waals surface area contributed by atoms with Gasteiger partial charge >= 0.3 is 6.18 Å². The second-order valence-corrected chi connectivity index (χ2v) is 11.6. The normalized spacial score (nSPS) is 15.5. The van der Waals surface area contributed by atoms with E-state index in [-0.39, 0.29) is 18.7 Å². The van der Waals surface area contributed by atoms with Crippen LogP contribution in [0.4, 0.5) is 18.9 Å². The molecular weight excluding hydrogens is 517 g/mol. The molecule has 7 nitrogen and oxygen atoms in total. The van der Waals surface area contributed by atoms with Gasteiger partial charge in [0.15, 0.2) is 0 Å². The van der Waals surface area contributed by atoms with E-state index >= 15 is 0 Å². The molecule has 12 heteroatoms. The lowest BCUT2D eigenvalue weighted by Gasteiger charge is -2.36. The van der Waals surface area contributed by atoms with Crippen molar-refractivity contribution < 1.29 is 21.6 Å². The van der Waals surface area contributed by atoms with Gasteiger partial charge in [0.25, 0.3) is 5.56 Å². The molecule has 1 aromatic heterocycles. The van der Waals surface area contributed by atoms with Crippen molar-refractivity contribution in [3.8, 4) is 16.8 Å². The van der Waals surface area contributed by atoms with Crippen LogP contribution in [-0.4, -0.2) is 53.9 Å². The second-order valence-electron chi connectivity index (χ2n) is 8.66. The number of benzene rings is 2. The van der Waals surface area contributed by atoms with Crippen molar-refractivity contribution in [1.29, 1.82) is 0 Å². The maximum Gasteiger partial charge on any atom is 0.416 e. The van der Waals surface area contributed by atoms with Gasteiger partial charge in [-0.25, -0.2) is 8.42 Å². The predicted molar refractivity (Wildman–Crippen MR) is 133 cm³/mol. The molecule has 0 bridgehead atoms. The number of nitrogens with zero attached hydrogens (tertiary/aromatic N) is 4. The van der Waals surface area contributed by atoms with Gasteiger partial charge in [-0.05, 0) is 49.7 Å². The third-order valence-corrected chi connectivity index (χ3v) is 8.56. The number of hydrogen-bond donors (Lipinski definition) is 0. The summed E-state index contributed by atoms with van der Waals surface area (Å²) >= 11 is 6.08. The Balaban J connectivity index is 1.78. The van der Waals surface area contributed by atoms with E-state index in [0.29, 0.717) is 35.1 Å². The minimum absolute atomic E-state index is 0.166. The highest BCUT2D eigenvalue weighted by Gasteiger charge is 2.32. The van der Waals surface area contributed by atoms with Gasteiger partial charge in [-0.15, -0.1) is 0 Å². The van der Waals surface area contributed by atoms with Crippen LogP contribution in [0.2, 0.25) is 5.02 Å². The predicted octanol–water partition coefficient (Wildman–Crippen LogP) is 4.43. The summed E-state index contributed by atoms with van der Waals surface area (Å²) < 4.78 is 67.1. The first-order valence-corrected chi connectivity index (χ1v) is 13.1. The van der Waals surface area contributed by atoms with Crippen LogP contribution in [0.5, 0.6) is 0 Å². The fourth-order valence-electron chi connectivity index (χ4n) is 4.06. The van der Waals surface area contributed by atoms with Gasteiger partial charge in [0.1, 0.15) is 0 Å². The number of hydrogen-bond acceptors (Lipinski definition) is 5. The highest BCUT2D eigenvalue weighted by Crippen LogP contribution is 2.33. The van der Waals surface area contributed by atoms with E-state index in [4.69, 9.17) is 11.6 Å². The standard InChI is InChI=1S/C24H24ClF3N4O3S/c1-16(2)36(34,35)31-12-10-30(11-13-31)21-15-29-32(20-5-3-4-19(25)14-20)23(33)22(21)17-6-8-18(9-7-17)24(26,27)28/h3-9,14-16H,10-13H2,1-2H3. The second kappa shape index (κ2) is 9.87. The van der Waals surface area contributed by atoms with Gasteiger partial charge in [-0.1, -0.05) is 29.8 Å². The van der Waals surface area contributed by atoms with Crippen LogP contribution in [0, 0.1) is 0 Å². The van der Waals surface area contributed by atoms with Crippen LogP contribution in [0.1, 0.15) is 19.4 Å². The van der Waals surface area contributed by atoms with Crippen LogP contribution in [0.3, 0.4) is 0 Å². The summed E-state index contributed by atoms with van der Waals surface area (Å²) in [5.74, 6) is 0. The summed E-state index contributed by atoms with van der Waals surface area (Å²) in [6.45, 7) is 4.24. The number of alkyl halides is 3. The Morgan fingerprint density at radius 1 is 1.00 bits per heavy atom. The van der Waals surface area contributed by atoms with Crippen LogP contribution in [0.15, 0.2) is 59.5 Å². The smallest absolute Gasteiger partial charge is 0.367 e. The molecule has 1 saturated heterocycles. The Labute approximate surface area is 211 Å². The summed E-state index contributed by atoms with van der Waals surface area (Å²) in [6, 6.07) is 10.9. The summed E-state index contributed by atoms with van der Waals surface area (Å²) in [7, 11) is -3.44. The third kappa shape index (κ3) is 5.14. The van der Waals surface area contributed by atoms with E-state index in [9.17, 15) is 26.4 Å². The van der Waals surface area contributed by atoms with Crippen molar-refractivity contribution in [2.24, 2.45) is 0 Å². The van der Waals surface area contributed by atoms with E-state index in [1.54, 1.807) is 38.1 Å². The Hall–Kier alpha value is -2.89. The number of piperazine rings is 1. The Morgan fingerprint density at radius 3 is 2.19 bits per heavy atom. The maximum atomic E-state index is 13.6. The molecule has 0 saturated carbocycles. The molecule has 3 aromatic rings. The van der Waals surface area contributed by atoms with E-state index in [1.807, 2.05) is 4.90 Å². The van der Waals surface area contributed by atoms with Crippen LogP contribution in [-0.2, 0) is 16.2 Å². The van der Waals surface area contributed by atoms with Gasteiger partial charge in [-0.3, -0.25) is 4.79 Å². The highest BCUT2D eigenvalue weighted by atomic mass is 35.5. The topological polar surface area (TPSA) is 75.5 Å². The molecule has 36 heavy (non-hydrogen) atoms.